The highest BCUT2D eigenvalue weighted by atomic mass is 16.5. The fraction of sp³-hybridized carbons (Fsp3) is 0.200. The second-order valence-corrected chi connectivity index (χ2v) is 2.79. The van der Waals surface area contributed by atoms with Gasteiger partial charge in [0.05, 0.1) is 18.4 Å². The number of ketones is 1. The van der Waals surface area contributed by atoms with E-state index in [1.54, 1.807) is 19.4 Å². The van der Waals surface area contributed by atoms with E-state index in [1.165, 1.54) is 0 Å². The predicted octanol–water partition coefficient (Wildman–Crippen LogP) is 1.98. The Morgan fingerprint density at radius 3 is 3.08 bits per heavy atom. The van der Waals surface area contributed by atoms with E-state index >= 15 is 0 Å². The van der Waals surface area contributed by atoms with Crippen LogP contribution >= 0.6 is 0 Å². The highest BCUT2D eigenvalue weighted by Gasteiger charge is 2.18. The predicted molar refractivity (Wildman–Crippen MR) is 50.1 cm³/mol. The van der Waals surface area contributed by atoms with Crippen molar-refractivity contribution < 1.29 is 9.53 Å². The normalized spacial score (nSPS) is 14.1. The maximum Gasteiger partial charge on any atom is 0.174 e. The number of benzene rings is 1. The maximum absolute atomic E-state index is 11.5. The molecule has 0 spiro atoms. The molecule has 1 aliphatic heterocycles. The Bertz CT molecular complexity index is 383. The molecular formula is C10H9NO2. The van der Waals surface area contributed by atoms with Gasteiger partial charge in [-0.2, -0.15) is 0 Å². The first-order chi connectivity index (χ1) is 6.33. The first-order valence-corrected chi connectivity index (χ1v) is 4.05. The number of Topliss-reactive ketones (excluding diaryl/α,β-unsaturated/α-hetero) is 1. The number of rotatable bonds is 1. The van der Waals surface area contributed by atoms with Crippen molar-refractivity contribution in [3.63, 3.8) is 0 Å². The largest absolute Gasteiger partial charge is 0.496 e. The van der Waals surface area contributed by atoms with E-state index in [1.807, 2.05) is 12.1 Å². The Balaban J connectivity index is 2.64. The van der Waals surface area contributed by atoms with Gasteiger partial charge in [-0.05, 0) is 12.1 Å². The van der Waals surface area contributed by atoms with Gasteiger partial charge in [-0.25, -0.2) is 0 Å². The molecule has 0 amide bonds. The van der Waals surface area contributed by atoms with E-state index in [9.17, 15) is 4.79 Å². The summed E-state index contributed by atoms with van der Waals surface area (Å²) in [6.45, 7) is 0. The van der Waals surface area contributed by atoms with Crippen LogP contribution < -0.4 is 4.74 Å². The Labute approximate surface area is 76.1 Å². The van der Waals surface area contributed by atoms with Crippen molar-refractivity contribution in [1.82, 2.24) is 0 Å². The SMILES string of the molecule is COc1cccc2c1C(=O)CC=N2. The lowest BCUT2D eigenvalue weighted by Crippen LogP contribution is -2.06. The van der Waals surface area contributed by atoms with Gasteiger partial charge in [0.2, 0.25) is 0 Å². The van der Waals surface area contributed by atoms with E-state index in [2.05, 4.69) is 4.99 Å². The number of carbonyl (C=O) groups excluding carboxylic acids is 1. The van der Waals surface area contributed by atoms with Crippen LogP contribution in [0.5, 0.6) is 5.75 Å². The Kier molecular flexibility index (Phi) is 1.85. The third kappa shape index (κ3) is 1.22. The molecule has 1 heterocycles. The summed E-state index contributed by atoms with van der Waals surface area (Å²) in [6, 6.07) is 5.41. The zero-order valence-electron chi connectivity index (χ0n) is 7.28. The summed E-state index contributed by atoms with van der Waals surface area (Å²) in [5, 5.41) is 0. The fourth-order valence-corrected chi connectivity index (χ4v) is 1.41. The van der Waals surface area contributed by atoms with Crippen LogP contribution in [0.25, 0.3) is 0 Å². The van der Waals surface area contributed by atoms with E-state index in [4.69, 9.17) is 4.74 Å². The number of carbonyl (C=O) groups is 1. The number of fused-ring (bicyclic) bond motifs is 1. The molecule has 0 unspecified atom stereocenters. The summed E-state index contributed by atoms with van der Waals surface area (Å²) in [7, 11) is 1.56. The number of hydrogen-bond donors (Lipinski definition) is 0. The van der Waals surface area contributed by atoms with Gasteiger partial charge < -0.3 is 4.74 Å². The van der Waals surface area contributed by atoms with Crippen LogP contribution in [-0.2, 0) is 0 Å². The van der Waals surface area contributed by atoms with E-state index < -0.39 is 0 Å². The van der Waals surface area contributed by atoms with Crippen LogP contribution in [0, 0.1) is 0 Å². The van der Waals surface area contributed by atoms with Gasteiger partial charge in [0.15, 0.2) is 5.78 Å². The summed E-state index contributed by atoms with van der Waals surface area (Å²) in [4.78, 5) is 15.6. The minimum atomic E-state index is 0.0717. The maximum atomic E-state index is 11.5. The van der Waals surface area contributed by atoms with Gasteiger partial charge in [-0.1, -0.05) is 6.07 Å². The summed E-state index contributed by atoms with van der Waals surface area (Å²) in [5.41, 5.74) is 1.31. The van der Waals surface area contributed by atoms with Gasteiger partial charge in [0.1, 0.15) is 5.75 Å². The Morgan fingerprint density at radius 2 is 2.31 bits per heavy atom. The summed E-state index contributed by atoms with van der Waals surface area (Å²) >= 11 is 0. The zero-order chi connectivity index (χ0) is 9.26. The van der Waals surface area contributed by atoms with E-state index in [-0.39, 0.29) is 5.78 Å². The minimum Gasteiger partial charge on any atom is -0.496 e. The van der Waals surface area contributed by atoms with Crippen molar-refractivity contribution in [3.05, 3.63) is 23.8 Å². The van der Waals surface area contributed by atoms with Crippen LogP contribution in [0.1, 0.15) is 16.8 Å². The van der Waals surface area contributed by atoms with Crippen molar-refractivity contribution in [1.29, 1.82) is 0 Å². The highest BCUT2D eigenvalue weighted by Crippen LogP contribution is 2.31. The summed E-state index contributed by atoms with van der Waals surface area (Å²) < 4.78 is 5.09. The third-order valence-electron chi connectivity index (χ3n) is 2.01. The van der Waals surface area contributed by atoms with Crippen molar-refractivity contribution in [2.75, 3.05) is 7.11 Å². The molecular weight excluding hydrogens is 166 g/mol. The molecule has 0 bridgehead atoms. The molecule has 0 fully saturated rings. The Hall–Kier alpha value is -1.64. The van der Waals surface area contributed by atoms with Crippen molar-refractivity contribution in [2.45, 2.75) is 6.42 Å². The number of hydrogen-bond acceptors (Lipinski definition) is 3. The quantitative estimate of drug-likeness (QED) is 0.654. The number of methoxy groups -OCH3 is 1. The molecule has 13 heavy (non-hydrogen) atoms. The van der Waals surface area contributed by atoms with Gasteiger partial charge in [-0.15, -0.1) is 0 Å². The molecule has 1 aliphatic rings. The molecule has 2 rings (SSSR count). The molecule has 1 aromatic rings. The van der Waals surface area contributed by atoms with Crippen LogP contribution in [0.2, 0.25) is 0 Å². The van der Waals surface area contributed by atoms with Crippen molar-refractivity contribution in [2.24, 2.45) is 4.99 Å². The first kappa shape index (κ1) is 7.98. The minimum absolute atomic E-state index is 0.0717. The molecule has 0 saturated heterocycles. The molecule has 1 aromatic carbocycles. The highest BCUT2D eigenvalue weighted by molar-refractivity contribution is 6.11. The second kappa shape index (κ2) is 3.01. The van der Waals surface area contributed by atoms with Crippen molar-refractivity contribution >= 4 is 17.7 Å². The Morgan fingerprint density at radius 1 is 1.46 bits per heavy atom. The second-order valence-electron chi connectivity index (χ2n) is 2.79. The monoisotopic (exact) mass is 175 g/mol. The first-order valence-electron chi connectivity index (χ1n) is 4.05. The summed E-state index contributed by atoms with van der Waals surface area (Å²) in [6.07, 6.45) is 2.00. The average molecular weight is 175 g/mol. The van der Waals surface area contributed by atoms with Gasteiger partial charge in [-0.3, -0.25) is 9.79 Å². The van der Waals surface area contributed by atoms with Crippen LogP contribution in [0.15, 0.2) is 23.2 Å². The standard InChI is InChI=1S/C10H9NO2/c1-13-9-4-2-3-7-10(9)8(12)5-6-11-7/h2-4,6H,5H2,1H3. The fourth-order valence-electron chi connectivity index (χ4n) is 1.41. The van der Waals surface area contributed by atoms with Crippen LogP contribution in [-0.4, -0.2) is 19.1 Å². The lowest BCUT2D eigenvalue weighted by molar-refractivity contribution is 0.0998. The molecule has 3 heteroatoms. The molecule has 0 saturated carbocycles. The zero-order valence-corrected chi connectivity index (χ0v) is 7.28. The molecule has 0 aliphatic carbocycles. The van der Waals surface area contributed by atoms with Gasteiger partial charge in [0, 0.05) is 12.6 Å². The number of aliphatic imine (C=N–C) groups is 1. The molecule has 0 radical (unpaired) electrons. The lowest BCUT2D eigenvalue weighted by atomic mass is 10.0. The van der Waals surface area contributed by atoms with Gasteiger partial charge in [0.25, 0.3) is 0 Å². The van der Waals surface area contributed by atoms with Crippen LogP contribution in [0.4, 0.5) is 5.69 Å². The molecule has 66 valence electrons. The molecule has 0 atom stereocenters. The average Bonchev–Trinajstić information content (AvgIpc) is 2.17. The topological polar surface area (TPSA) is 38.7 Å². The van der Waals surface area contributed by atoms with E-state index in [0.717, 1.165) is 0 Å². The summed E-state index contributed by atoms with van der Waals surface area (Å²) in [5.74, 6) is 0.682. The number of nitrogens with zero attached hydrogens (tertiary/aromatic N) is 1. The molecule has 0 N–H and O–H groups in total. The van der Waals surface area contributed by atoms with Crippen LogP contribution in [0.3, 0.4) is 0 Å². The third-order valence-corrected chi connectivity index (χ3v) is 2.01. The smallest absolute Gasteiger partial charge is 0.174 e. The molecule has 3 nitrogen and oxygen atoms in total. The van der Waals surface area contributed by atoms with Gasteiger partial charge >= 0.3 is 0 Å². The lowest BCUT2D eigenvalue weighted by Gasteiger charge is -2.11. The number of ether oxygens (including phenoxy) is 1. The van der Waals surface area contributed by atoms with Crippen molar-refractivity contribution in [3.8, 4) is 5.75 Å². The van der Waals surface area contributed by atoms with E-state index in [0.29, 0.717) is 23.4 Å². The molecule has 0 aromatic heterocycles.